The summed E-state index contributed by atoms with van der Waals surface area (Å²) in [4.78, 5) is 0. The Labute approximate surface area is 102 Å². The van der Waals surface area contributed by atoms with Crippen LogP contribution in [-0.4, -0.2) is 11.2 Å². The lowest BCUT2D eigenvalue weighted by atomic mass is 9.62. The van der Waals surface area contributed by atoms with Gasteiger partial charge in [-0.2, -0.15) is 0 Å². The van der Waals surface area contributed by atoms with Crippen LogP contribution >= 0.6 is 0 Å². The maximum absolute atomic E-state index is 9.58. The number of hydrogen-bond acceptors (Lipinski definition) is 1. The van der Waals surface area contributed by atoms with Crippen molar-refractivity contribution in [3.63, 3.8) is 0 Å². The van der Waals surface area contributed by atoms with Crippen molar-refractivity contribution in [3.05, 3.63) is 0 Å². The minimum atomic E-state index is -0.0676. The molecule has 16 heavy (non-hydrogen) atoms. The SMILES string of the molecule is CCC(O)CCC[C@H]1[C@H](C)CCCC1(C)C. The molecule has 3 atom stereocenters. The highest BCUT2D eigenvalue weighted by molar-refractivity contribution is 4.86. The van der Waals surface area contributed by atoms with Crippen LogP contribution in [0, 0.1) is 17.3 Å². The highest BCUT2D eigenvalue weighted by Crippen LogP contribution is 2.46. The van der Waals surface area contributed by atoms with E-state index in [4.69, 9.17) is 0 Å². The highest BCUT2D eigenvalue weighted by Gasteiger charge is 2.35. The summed E-state index contributed by atoms with van der Waals surface area (Å²) in [6.07, 6.45) is 8.55. The Morgan fingerprint density at radius 2 is 2.06 bits per heavy atom. The van der Waals surface area contributed by atoms with Gasteiger partial charge in [0.1, 0.15) is 0 Å². The van der Waals surface area contributed by atoms with Gasteiger partial charge >= 0.3 is 0 Å². The molecular formula is C15H30O. The van der Waals surface area contributed by atoms with Crippen molar-refractivity contribution in [2.24, 2.45) is 17.3 Å². The molecule has 0 heterocycles. The molecule has 0 aromatic carbocycles. The summed E-state index contributed by atoms with van der Waals surface area (Å²) in [5, 5.41) is 9.58. The molecule has 1 nitrogen and oxygen atoms in total. The molecule has 0 aliphatic heterocycles. The monoisotopic (exact) mass is 226 g/mol. The molecule has 96 valence electrons. The van der Waals surface area contributed by atoms with Crippen LogP contribution in [0.15, 0.2) is 0 Å². The molecule has 0 bridgehead atoms. The fourth-order valence-corrected chi connectivity index (χ4v) is 3.49. The van der Waals surface area contributed by atoms with E-state index in [2.05, 4.69) is 27.7 Å². The fourth-order valence-electron chi connectivity index (χ4n) is 3.49. The average Bonchev–Trinajstić information content (AvgIpc) is 2.21. The predicted molar refractivity (Wildman–Crippen MR) is 70.4 cm³/mol. The second-order valence-corrected chi connectivity index (χ2v) is 6.46. The fraction of sp³-hybridized carbons (Fsp3) is 1.00. The standard InChI is InChI=1S/C15H30O/c1-5-13(16)9-6-10-14-12(2)8-7-11-15(14,3)4/h12-14,16H,5-11H2,1-4H3/t12-,13?,14+/m1/s1. The molecule has 1 aliphatic carbocycles. The van der Waals surface area contributed by atoms with E-state index in [0.29, 0.717) is 5.41 Å². The van der Waals surface area contributed by atoms with Gasteiger partial charge < -0.3 is 5.11 Å². The molecule has 1 unspecified atom stereocenters. The van der Waals surface area contributed by atoms with Gasteiger partial charge in [0.05, 0.1) is 6.10 Å². The van der Waals surface area contributed by atoms with Gasteiger partial charge in [-0.25, -0.2) is 0 Å². The molecule has 0 saturated heterocycles. The molecule has 1 saturated carbocycles. The Bertz CT molecular complexity index is 198. The van der Waals surface area contributed by atoms with E-state index in [1.807, 2.05) is 0 Å². The van der Waals surface area contributed by atoms with Gasteiger partial charge in [0.2, 0.25) is 0 Å². The van der Waals surface area contributed by atoms with Crippen LogP contribution in [0.4, 0.5) is 0 Å². The Kier molecular flexibility index (Phi) is 5.30. The van der Waals surface area contributed by atoms with E-state index < -0.39 is 0 Å². The van der Waals surface area contributed by atoms with Crippen LogP contribution in [0.1, 0.15) is 72.6 Å². The second-order valence-electron chi connectivity index (χ2n) is 6.46. The summed E-state index contributed by atoms with van der Waals surface area (Å²) in [7, 11) is 0. The third kappa shape index (κ3) is 3.76. The van der Waals surface area contributed by atoms with Crippen LogP contribution in [0.5, 0.6) is 0 Å². The summed E-state index contributed by atoms with van der Waals surface area (Å²) in [5.74, 6) is 1.74. The maximum atomic E-state index is 9.58. The van der Waals surface area contributed by atoms with Gasteiger partial charge in [-0.15, -0.1) is 0 Å². The van der Waals surface area contributed by atoms with Crippen molar-refractivity contribution in [2.45, 2.75) is 78.7 Å². The molecule has 1 rings (SSSR count). The van der Waals surface area contributed by atoms with Crippen LogP contribution < -0.4 is 0 Å². The van der Waals surface area contributed by atoms with Crippen LogP contribution in [0.3, 0.4) is 0 Å². The lowest BCUT2D eigenvalue weighted by Gasteiger charge is -2.43. The predicted octanol–water partition coefficient (Wildman–Crippen LogP) is 4.39. The average molecular weight is 226 g/mol. The van der Waals surface area contributed by atoms with Gasteiger partial charge in [0, 0.05) is 0 Å². The van der Waals surface area contributed by atoms with Crippen molar-refractivity contribution in [2.75, 3.05) is 0 Å². The Hall–Kier alpha value is -0.0400. The third-order valence-corrected chi connectivity index (χ3v) is 4.69. The van der Waals surface area contributed by atoms with Crippen LogP contribution in [0.25, 0.3) is 0 Å². The number of rotatable bonds is 5. The van der Waals surface area contributed by atoms with E-state index in [0.717, 1.165) is 24.7 Å². The summed E-state index contributed by atoms with van der Waals surface area (Å²) < 4.78 is 0. The largest absolute Gasteiger partial charge is 0.393 e. The maximum Gasteiger partial charge on any atom is 0.0537 e. The number of hydrogen-bond donors (Lipinski definition) is 1. The molecule has 0 aromatic rings. The van der Waals surface area contributed by atoms with Crippen molar-refractivity contribution in [3.8, 4) is 0 Å². The lowest BCUT2D eigenvalue weighted by molar-refractivity contribution is 0.0683. The van der Waals surface area contributed by atoms with Crippen molar-refractivity contribution in [1.29, 1.82) is 0 Å². The minimum absolute atomic E-state index is 0.0676. The van der Waals surface area contributed by atoms with Gasteiger partial charge in [-0.1, -0.05) is 47.0 Å². The molecule has 0 spiro atoms. The normalized spacial score (nSPS) is 31.3. The van der Waals surface area contributed by atoms with E-state index in [1.165, 1.54) is 32.1 Å². The Balaban J connectivity index is 2.38. The number of aliphatic hydroxyl groups excluding tert-OH is 1. The zero-order valence-electron chi connectivity index (χ0n) is 11.6. The molecule has 1 heteroatoms. The van der Waals surface area contributed by atoms with Crippen molar-refractivity contribution in [1.82, 2.24) is 0 Å². The summed E-state index contributed by atoms with van der Waals surface area (Å²) in [5.41, 5.74) is 0.523. The van der Waals surface area contributed by atoms with Crippen LogP contribution in [0.2, 0.25) is 0 Å². The third-order valence-electron chi connectivity index (χ3n) is 4.69. The van der Waals surface area contributed by atoms with E-state index in [-0.39, 0.29) is 6.10 Å². The molecule has 1 fully saturated rings. The smallest absolute Gasteiger partial charge is 0.0537 e. The summed E-state index contributed by atoms with van der Waals surface area (Å²) in [6.45, 7) is 9.35. The molecule has 1 aliphatic rings. The first-order valence-corrected chi connectivity index (χ1v) is 7.15. The Morgan fingerprint density at radius 1 is 1.38 bits per heavy atom. The van der Waals surface area contributed by atoms with E-state index >= 15 is 0 Å². The highest BCUT2D eigenvalue weighted by atomic mass is 16.3. The first kappa shape index (κ1) is 14.0. The zero-order chi connectivity index (χ0) is 12.2. The quantitative estimate of drug-likeness (QED) is 0.737. The first-order chi connectivity index (χ1) is 7.47. The van der Waals surface area contributed by atoms with Gasteiger partial charge in [-0.05, 0) is 42.9 Å². The van der Waals surface area contributed by atoms with Crippen molar-refractivity contribution >= 4 is 0 Å². The number of aliphatic hydroxyl groups is 1. The molecule has 0 aromatic heterocycles. The summed E-state index contributed by atoms with van der Waals surface area (Å²) in [6, 6.07) is 0. The van der Waals surface area contributed by atoms with Gasteiger partial charge in [0.25, 0.3) is 0 Å². The summed E-state index contributed by atoms with van der Waals surface area (Å²) >= 11 is 0. The second kappa shape index (κ2) is 6.05. The molecule has 1 N–H and O–H groups in total. The van der Waals surface area contributed by atoms with E-state index in [1.54, 1.807) is 0 Å². The topological polar surface area (TPSA) is 20.2 Å². The Morgan fingerprint density at radius 3 is 2.62 bits per heavy atom. The lowest BCUT2D eigenvalue weighted by Crippen LogP contribution is -2.33. The molecular weight excluding hydrogens is 196 g/mol. The molecule has 0 radical (unpaired) electrons. The van der Waals surface area contributed by atoms with E-state index in [9.17, 15) is 5.11 Å². The zero-order valence-corrected chi connectivity index (χ0v) is 11.6. The van der Waals surface area contributed by atoms with Gasteiger partial charge in [-0.3, -0.25) is 0 Å². The minimum Gasteiger partial charge on any atom is -0.393 e. The van der Waals surface area contributed by atoms with Crippen molar-refractivity contribution < 1.29 is 5.11 Å². The van der Waals surface area contributed by atoms with Gasteiger partial charge in [0.15, 0.2) is 0 Å². The van der Waals surface area contributed by atoms with Crippen LogP contribution in [-0.2, 0) is 0 Å². The first-order valence-electron chi connectivity index (χ1n) is 7.15. The molecule has 0 amide bonds.